The number of nitrogens with zero attached hydrogens (tertiary/aromatic N) is 2. The van der Waals surface area contributed by atoms with Gasteiger partial charge in [0.2, 0.25) is 0 Å². The lowest BCUT2D eigenvalue weighted by Crippen LogP contribution is -2.44. The first-order valence-corrected chi connectivity index (χ1v) is 9.95. The van der Waals surface area contributed by atoms with Crippen LogP contribution in [0.15, 0.2) is 4.99 Å². The highest BCUT2D eigenvalue weighted by molar-refractivity contribution is 5.79. The zero-order chi connectivity index (χ0) is 17.3. The highest BCUT2D eigenvalue weighted by Crippen LogP contribution is 2.43. The number of likely N-dealkylation sites (tertiary alicyclic amines) is 1. The summed E-state index contributed by atoms with van der Waals surface area (Å²) in [5, 5.41) is 7.00. The minimum absolute atomic E-state index is 0.495. The molecule has 0 spiro atoms. The standard InChI is InChI=1S/C19H38N4O/c1-4-19(9-6-10-19)16-22-18(20-5-2)21-15-17-7-11-23(12-8-17)13-14-24-3/h17H,4-16H2,1-3H3,(H2,20,21,22). The summed E-state index contributed by atoms with van der Waals surface area (Å²) in [6.07, 6.45) is 7.90. The van der Waals surface area contributed by atoms with Gasteiger partial charge in [0.1, 0.15) is 0 Å². The Hall–Kier alpha value is -0.810. The van der Waals surface area contributed by atoms with Gasteiger partial charge >= 0.3 is 0 Å². The fourth-order valence-corrected chi connectivity index (χ4v) is 3.76. The van der Waals surface area contributed by atoms with E-state index in [1.807, 2.05) is 0 Å². The SMILES string of the molecule is CCNC(=NCC1(CC)CCC1)NCC1CCN(CCOC)CC1. The van der Waals surface area contributed by atoms with Crippen molar-refractivity contribution in [2.75, 3.05) is 53.0 Å². The molecule has 0 bridgehead atoms. The third-order valence-electron chi connectivity index (χ3n) is 5.96. The van der Waals surface area contributed by atoms with Crippen LogP contribution in [-0.4, -0.2) is 63.8 Å². The second-order valence-corrected chi connectivity index (χ2v) is 7.56. The number of nitrogens with one attached hydrogen (secondary N) is 2. The van der Waals surface area contributed by atoms with Gasteiger partial charge in [0, 0.05) is 33.3 Å². The van der Waals surface area contributed by atoms with Crippen LogP contribution in [0.2, 0.25) is 0 Å². The van der Waals surface area contributed by atoms with E-state index in [0.29, 0.717) is 5.41 Å². The topological polar surface area (TPSA) is 48.9 Å². The first kappa shape index (κ1) is 19.5. The summed E-state index contributed by atoms with van der Waals surface area (Å²) in [6, 6.07) is 0. The first-order valence-electron chi connectivity index (χ1n) is 9.95. The van der Waals surface area contributed by atoms with Gasteiger partial charge in [0.15, 0.2) is 5.96 Å². The molecule has 1 saturated heterocycles. The molecule has 2 aliphatic rings. The van der Waals surface area contributed by atoms with E-state index in [1.54, 1.807) is 7.11 Å². The van der Waals surface area contributed by atoms with Crippen LogP contribution in [0.25, 0.3) is 0 Å². The van der Waals surface area contributed by atoms with Gasteiger partial charge in [-0.1, -0.05) is 13.3 Å². The van der Waals surface area contributed by atoms with Crippen molar-refractivity contribution >= 4 is 5.96 Å². The van der Waals surface area contributed by atoms with Gasteiger partial charge in [0.05, 0.1) is 6.61 Å². The van der Waals surface area contributed by atoms with E-state index in [2.05, 4.69) is 29.4 Å². The molecule has 1 aliphatic carbocycles. The van der Waals surface area contributed by atoms with Crippen molar-refractivity contribution < 1.29 is 4.74 Å². The average molecular weight is 339 g/mol. The zero-order valence-electron chi connectivity index (χ0n) is 16.1. The normalized spacial score (nSPS) is 22.2. The Kier molecular flexibility index (Phi) is 8.33. The Morgan fingerprint density at radius 1 is 1.21 bits per heavy atom. The number of rotatable bonds is 9. The highest BCUT2D eigenvalue weighted by atomic mass is 16.5. The molecule has 0 unspecified atom stereocenters. The fourth-order valence-electron chi connectivity index (χ4n) is 3.76. The van der Waals surface area contributed by atoms with Gasteiger partial charge in [-0.15, -0.1) is 0 Å². The number of aliphatic imine (C=N–C) groups is 1. The lowest BCUT2D eigenvalue weighted by molar-refractivity contribution is 0.120. The van der Waals surface area contributed by atoms with E-state index in [1.165, 1.54) is 51.6 Å². The summed E-state index contributed by atoms with van der Waals surface area (Å²) < 4.78 is 5.18. The predicted octanol–water partition coefficient (Wildman–Crippen LogP) is 2.48. The van der Waals surface area contributed by atoms with E-state index in [-0.39, 0.29) is 0 Å². The Morgan fingerprint density at radius 3 is 2.50 bits per heavy atom. The summed E-state index contributed by atoms with van der Waals surface area (Å²) in [7, 11) is 1.78. The summed E-state index contributed by atoms with van der Waals surface area (Å²) in [5.41, 5.74) is 0.495. The second-order valence-electron chi connectivity index (χ2n) is 7.56. The number of hydrogen-bond donors (Lipinski definition) is 2. The van der Waals surface area contributed by atoms with Crippen molar-refractivity contribution in [3.05, 3.63) is 0 Å². The van der Waals surface area contributed by atoms with Crippen LogP contribution < -0.4 is 10.6 Å². The van der Waals surface area contributed by atoms with E-state index in [4.69, 9.17) is 9.73 Å². The molecule has 140 valence electrons. The number of guanidine groups is 1. The van der Waals surface area contributed by atoms with Crippen LogP contribution in [0.5, 0.6) is 0 Å². The summed E-state index contributed by atoms with van der Waals surface area (Å²) in [4.78, 5) is 7.40. The summed E-state index contributed by atoms with van der Waals surface area (Å²) in [5.74, 6) is 1.77. The molecule has 0 amide bonds. The summed E-state index contributed by atoms with van der Waals surface area (Å²) >= 11 is 0. The molecule has 0 atom stereocenters. The second kappa shape index (κ2) is 10.2. The van der Waals surface area contributed by atoms with Gasteiger partial charge in [-0.3, -0.25) is 4.99 Å². The molecule has 0 aromatic heterocycles. The largest absolute Gasteiger partial charge is 0.383 e. The van der Waals surface area contributed by atoms with E-state index in [0.717, 1.165) is 44.7 Å². The lowest BCUT2D eigenvalue weighted by Gasteiger charge is -2.40. The average Bonchev–Trinajstić information content (AvgIpc) is 2.58. The Morgan fingerprint density at radius 2 is 1.96 bits per heavy atom. The smallest absolute Gasteiger partial charge is 0.191 e. The molecule has 5 nitrogen and oxygen atoms in total. The van der Waals surface area contributed by atoms with E-state index >= 15 is 0 Å². The van der Waals surface area contributed by atoms with Crippen LogP contribution in [0, 0.1) is 11.3 Å². The highest BCUT2D eigenvalue weighted by Gasteiger charge is 2.34. The first-order chi connectivity index (χ1) is 11.7. The Balaban J connectivity index is 1.71. The maximum Gasteiger partial charge on any atom is 0.191 e. The number of ether oxygens (including phenoxy) is 1. The maximum absolute atomic E-state index is 5.18. The Labute approximate surface area is 148 Å². The maximum atomic E-state index is 5.18. The van der Waals surface area contributed by atoms with Gasteiger partial charge < -0.3 is 20.3 Å². The number of methoxy groups -OCH3 is 1. The third kappa shape index (κ3) is 5.92. The monoisotopic (exact) mass is 338 g/mol. The van der Waals surface area contributed by atoms with Crippen LogP contribution in [0.3, 0.4) is 0 Å². The molecule has 24 heavy (non-hydrogen) atoms. The van der Waals surface area contributed by atoms with Crippen LogP contribution in [-0.2, 0) is 4.74 Å². The molecular formula is C19H38N4O. The number of hydrogen-bond acceptors (Lipinski definition) is 3. The van der Waals surface area contributed by atoms with Gasteiger partial charge in [-0.05, 0) is 63.5 Å². The van der Waals surface area contributed by atoms with Gasteiger partial charge in [-0.25, -0.2) is 0 Å². The molecule has 0 aromatic carbocycles. The molecular weight excluding hydrogens is 300 g/mol. The van der Waals surface area contributed by atoms with E-state index < -0.39 is 0 Å². The Bertz CT molecular complexity index is 368. The quantitative estimate of drug-likeness (QED) is 0.501. The van der Waals surface area contributed by atoms with Gasteiger partial charge in [0.25, 0.3) is 0 Å². The van der Waals surface area contributed by atoms with Crippen molar-refractivity contribution in [1.29, 1.82) is 0 Å². The number of piperidine rings is 1. The molecule has 2 N–H and O–H groups in total. The van der Waals surface area contributed by atoms with Crippen molar-refractivity contribution in [3.63, 3.8) is 0 Å². The van der Waals surface area contributed by atoms with Crippen molar-refractivity contribution in [2.45, 2.75) is 52.4 Å². The van der Waals surface area contributed by atoms with Crippen molar-refractivity contribution in [2.24, 2.45) is 16.3 Å². The minimum Gasteiger partial charge on any atom is -0.383 e. The van der Waals surface area contributed by atoms with Crippen molar-refractivity contribution in [1.82, 2.24) is 15.5 Å². The molecule has 2 fully saturated rings. The molecule has 0 radical (unpaired) electrons. The molecule has 5 heteroatoms. The molecule has 0 aromatic rings. The lowest BCUT2D eigenvalue weighted by atomic mass is 9.67. The predicted molar refractivity (Wildman–Crippen MR) is 102 cm³/mol. The summed E-state index contributed by atoms with van der Waals surface area (Å²) in [6.45, 7) is 11.7. The molecule has 2 rings (SSSR count). The van der Waals surface area contributed by atoms with Gasteiger partial charge in [-0.2, -0.15) is 0 Å². The minimum atomic E-state index is 0.495. The zero-order valence-corrected chi connectivity index (χ0v) is 16.1. The van der Waals surface area contributed by atoms with Crippen molar-refractivity contribution in [3.8, 4) is 0 Å². The van der Waals surface area contributed by atoms with Crippen LogP contribution in [0.4, 0.5) is 0 Å². The molecule has 1 saturated carbocycles. The van der Waals surface area contributed by atoms with E-state index in [9.17, 15) is 0 Å². The molecule has 1 heterocycles. The fraction of sp³-hybridized carbons (Fsp3) is 0.947. The molecule has 1 aliphatic heterocycles. The third-order valence-corrected chi connectivity index (χ3v) is 5.96. The van der Waals surface area contributed by atoms with Crippen LogP contribution >= 0.6 is 0 Å². The van der Waals surface area contributed by atoms with Crippen LogP contribution in [0.1, 0.15) is 52.4 Å².